The Morgan fingerprint density at radius 3 is 1.43 bits per heavy atom. The molecule has 13 heteroatoms. The summed E-state index contributed by atoms with van der Waals surface area (Å²) in [5.74, 6) is 0. The van der Waals surface area contributed by atoms with Crippen LogP contribution >= 0.6 is 15.2 Å². The van der Waals surface area contributed by atoms with Crippen LogP contribution in [-0.2, 0) is 9.13 Å². The molecule has 0 unspecified atom stereocenters. The molecule has 9 nitrogen and oxygen atoms in total. The van der Waals surface area contributed by atoms with Crippen LogP contribution in [0, 0.1) is 0 Å². The van der Waals surface area contributed by atoms with E-state index in [1.165, 1.54) is 0 Å². The standard InChI is InChI=1S/C8H19NO6P2.2Na.2H2O.2H/c10-16(11,12)8(17(13,14)15)9-7-5-3-1-2-4-6-7;;;;;;/h7-9H,1-6H2,(H2,10,11,12)(H2,13,14,15);;;2*1H2;;. The molecule has 1 aliphatic rings. The van der Waals surface area contributed by atoms with E-state index in [0.29, 0.717) is 12.8 Å². The van der Waals surface area contributed by atoms with Gasteiger partial charge >= 0.3 is 74.3 Å². The van der Waals surface area contributed by atoms with Gasteiger partial charge in [0.25, 0.3) is 0 Å². The predicted octanol–water partition coefficient (Wildman–Crippen LogP) is -2.01. The zero-order valence-corrected chi connectivity index (χ0v) is 12.2. The van der Waals surface area contributed by atoms with Crippen LogP contribution in [0.4, 0.5) is 0 Å². The van der Waals surface area contributed by atoms with Crippen molar-refractivity contribution in [1.82, 2.24) is 5.32 Å². The fraction of sp³-hybridized carbons (Fsp3) is 1.00. The molecule has 0 spiro atoms. The average Bonchev–Trinajstić information content (AvgIpc) is 2.38. The molecule has 0 aromatic heterocycles. The van der Waals surface area contributed by atoms with Crippen LogP contribution in [0.25, 0.3) is 0 Å². The Hall–Kier alpha value is 2.18. The summed E-state index contributed by atoms with van der Waals surface area (Å²) in [5, 5.41) is 2.45. The first-order chi connectivity index (χ1) is 7.71. The molecule has 1 aliphatic carbocycles. The zero-order chi connectivity index (χ0) is 13.1. The van der Waals surface area contributed by atoms with E-state index < -0.39 is 20.7 Å². The molecule has 0 atom stereocenters. The normalized spacial score (nSPS) is 16.6. The molecule has 1 fully saturated rings. The molecule has 9 N–H and O–H groups in total. The zero-order valence-electron chi connectivity index (χ0n) is 10.4. The summed E-state index contributed by atoms with van der Waals surface area (Å²) in [6.45, 7) is 0. The molecular weight excluding hydrogens is 346 g/mol. The molecule has 1 rings (SSSR count). The summed E-state index contributed by atoms with van der Waals surface area (Å²) in [7, 11) is -9.70. The molecule has 0 bridgehead atoms. The Kier molecular flexibility index (Phi) is 19.9. The van der Waals surface area contributed by atoms with E-state index in [4.69, 9.17) is 19.6 Å². The van der Waals surface area contributed by atoms with Crippen molar-refractivity contribution in [3.63, 3.8) is 0 Å². The van der Waals surface area contributed by atoms with Crippen molar-refractivity contribution >= 4 is 74.3 Å². The van der Waals surface area contributed by atoms with Gasteiger partial charge in [-0.05, 0) is 12.8 Å². The number of hydrogen-bond acceptors (Lipinski definition) is 3. The Labute approximate surface area is 168 Å². The number of rotatable bonds is 4. The quantitative estimate of drug-likeness (QED) is 0.214. The van der Waals surface area contributed by atoms with Gasteiger partial charge in [-0.3, -0.25) is 14.4 Å². The summed E-state index contributed by atoms with van der Waals surface area (Å²) >= 11 is 0. The van der Waals surface area contributed by atoms with Crippen LogP contribution in [0.5, 0.6) is 0 Å². The second kappa shape index (κ2) is 13.5. The minimum atomic E-state index is -4.85. The fourth-order valence-electron chi connectivity index (χ4n) is 2.05. The predicted molar refractivity (Wildman–Crippen MR) is 84.0 cm³/mol. The summed E-state index contributed by atoms with van der Waals surface area (Å²) in [4.78, 5) is 35.9. The van der Waals surface area contributed by atoms with Crippen molar-refractivity contribution in [2.75, 3.05) is 0 Å². The fourth-order valence-corrected chi connectivity index (χ4v) is 4.42. The Balaban J connectivity index is -0.000000361. The summed E-state index contributed by atoms with van der Waals surface area (Å²) < 4.78 is 22.2. The summed E-state index contributed by atoms with van der Waals surface area (Å²) in [6.07, 6.45) is 5.30. The van der Waals surface area contributed by atoms with Crippen molar-refractivity contribution in [1.29, 1.82) is 0 Å². The molecule has 21 heavy (non-hydrogen) atoms. The van der Waals surface area contributed by atoms with Gasteiger partial charge in [-0.25, -0.2) is 0 Å². The van der Waals surface area contributed by atoms with Crippen molar-refractivity contribution in [2.45, 2.75) is 50.1 Å². The molecule has 1 saturated carbocycles. The minimum absolute atomic E-state index is 0. The van der Waals surface area contributed by atoms with Crippen LogP contribution in [-0.4, -0.2) is 101 Å². The van der Waals surface area contributed by atoms with Gasteiger partial charge < -0.3 is 30.5 Å². The van der Waals surface area contributed by atoms with Gasteiger partial charge in [0.1, 0.15) is 0 Å². The third-order valence-electron chi connectivity index (χ3n) is 2.88. The van der Waals surface area contributed by atoms with Crippen LogP contribution < -0.4 is 5.32 Å². The van der Waals surface area contributed by atoms with Gasteiger partial charge in [0.05, 0.1) is 0 Å². The van der Waals surface area contributed by atoms with Gasteiger partial charge in [0, 0.05) is 6.04 Å². The molecule has 0 radical (unpaired) electrons. The molecule has 0 aliphatic heterocycles. The van der Waals surface area contributed by atoms with Gasteiger partial charge in [-0.1, -0.05) is 25.7 Å². The molecular formula is C8H25NNa2O8P2. The average molecular weight is 371 g/mol. The number of hydrogen-bond donors (Lipinski definition) is 5. The summed E-state index contributed by atoms with van der Waals surface area (Å²) in [6, 6.07) is -0.234. The second-order valence-corrected chi connectivity index (χ2v) is 8.20. The van der Waals surface area contributed by atoms with E-state index in [1.807, 2.05) is 0 Å². The molecule has 0 saturated heterocycles. The van der Waals surface area contributed by atoms with E-state index in [1.54, 1.807) is 0 Å². The maximum atomic E-state index is 11.1. The first-order valence-corrected chi connectivity index (χ1v) is 8.94. The van der Waals surface area contributed by atoms with Gasteiger partial charge in [0.15, 0.2) is 0 Å². The van der Waals surface area contributed by atoms with E-state index in [0.717, 1.165) is 25.7 Å². The first kappa shape index (κ1) is 31.0. The van der Waals surface area contributed by atoms with E-state index >= 15 is 0 Å². The molecule has 122 valence electrons. The first-order valence-electron chi connectivity index (χ1n) is 5.58. The van der Waals surface area contributed by atoms with E-state index in [-0.39, 0.29) is 76.1 Å². The molecule has 0 aromatic rings. The van der Waals surface area contributed by atoms with Crippen molar-refractivity contribution in [2.24, 2.45) is 0 Å². The van der Waals surface area contributed by atoms with Gasteiger partial charge in [-0.15, -0.1) is 0 Å². The topological polar surface area (TPSA) is 190 Å². The molecule has 0 heterocycles. The van der Waals surface area contributed by atoms with Crippen LogP contribution in [0.1, 0.15) is 38.5 Å². The van der Waals surface area contributed by atoms with Gasteiger partial charge in [0.2, 0.25) is 5.52 Å². The Bertz CT molecular complexity index is 319. The maximum absolute atomic E-state index is 11.1. The Morgan fingerprint density at radius 1 is 0.810 bits per heavy atom. The third kappa shape index (κ3) is 12.2. The second-order valence-electron chi connectivity index (χ2n) is 4.41. The van der Waals surface area contributed by atoms with Crippen LogP contribution in [0.15, 0.2) is 0 Å². The van der Waals surface area contributed by atoms with Crippen molar-refractivity contribution in [3.8, 4) is 0 Å². The van der Waals surface area contributed by atoms with Crippen molar-refractivity contribution in [3.05, 3.63) is 0 Å². The Morgan fingerprint density at radius 2 is 1.14 bits per heavy atom. The van der Waals surface area contributed by atoms with E-state index in [2.05, 4.69) is 5.32 Å². The van der Waals surface area contributed by atoms with Crippen LogP contribution in [0.3, 0.4) is 0 Å². The molecule has 0 amide bonds. The van der Waals surface area contributed by atoms with Crippen LogP contribution in [0.2, 0.25) is 0 Å². The monoisotopic (exact) mass is 371 g/mol. The number of nitrogens with one attached hydrogen (secondary N) is 1. The SMILES string of the molecule is O.O.O=P(O)(O)C(NC1CCCCCC1)P(=O)(O)O.[NaH].[NaH]. The molecule has 0 aromatic carbocycles. The van der Waals surface area contributed by atoms with Gasteiger partial charge in [-0.2, -0.15) is 0 Å². The third-order valence-corrected chi connectivity index (χ3v) is 6.25. The summed E-state index contributed by atoms with van der Waals surface area (Å²) in [5.41, 5.74) is -2.07. The van der Waals surface area contributed by atoms with Crippen molar-refractivity contribution < 1.29 is 39.7 Å². The van der Waals surface area contributed by atoms with E-state index in [9.17, 15) is 9.13 Å².